The van der Waals surface area contributed by atoms with Crippen LogP contribution in [-0.2, 0) is 11.3 Å². The summed E-state index contributed by atoms with van der Waals surface area (Å²) in [5.41, 5.74) is 2.61. The number of amides is 1. The van der Waals surface area contributed by atoms with E-state index in [4.69, 9.17) is 12.2 Å². The van der Waals surface area contributed by atoms with Crippen LogP contribution in [0.4, 0.5) is 5.69 Å². The third-order valence-corrected chi connectivity index (χ3v) is 5.86. The monoisotopic (exact) mass is 398 g/mol. The highest BCUT2D eigenvalue weighted by Gasteiger charge is 2.32. The molecule has 0 aliphatic carbocycles. The van der Waals surface area contributed by atoms with E-state index in [1.165, 1.54) is 11.8 Å². The molecule has 3 rings (SSSR count). The zero-order valence-corrected chi connectivity index (χ0v) is 17.0. The van der Waals surface area contributed by atoms with Crippen LogP contribution in [0, 0.1) is 0 Å². The molecule has 1 aliphatic heterocycles. The molecule has 0 atom stereocenters. The van der Waals surface area contributed by atoms with E-state index in [1.807, 2.05) is 42.5 Å². The Kier molecular flexibility index (Phi) is 6.19. The standard InChI is InChI=1S/C21H22N2O2S2/c1-3-22(4-2)17-11-10-16(18(24)13-17)12-19-20(25)23(21(26)27-19)14-15-8-6-5-7-9-15/h5-13,24H,3-4,14H2,1-2H3/b19-12+. The van der Waals surface area contributed by atoms with Gasteiger partial charge in [0.05, 0.1) is 11.4 Å². The molecule has 0 unspecified atom stereocenters. The van der Waals surface area contributed by atoms with Gasteiger partial charge in [0, 0.05) is 30.4 Å². The number of thioether (sulfide) groups is 1. The molecule has 1 saturated heterocycles. The van der Waals surface area contributed by atoms with Gasteiger partial charge in [-0.3, -0.25) is 9.69 Å². The number of phenolic OH excluding ortho intramolecular Hbond substituents is 1. The molecule has 2 aromatic carbocycles. The maximum absolute atomic E-state index is 12.8. The average molecular weight is 399 g/mol. The predicted molar refractivity (Wildman–Crippen MR) is 117 cm³/mol. The van der Waals surface area contributed by atoms with Crippen LogP contribution in [-0.4, -0.2) is 33.3 Å². The lowest BCUT2D eigenvalue weighted by Crippen LogP contribution is -2.27. The minimum atomic E-state index is -0.124. The van der Waals surface area contributed by atoms with Gasteiger partial charge in [0.1, 0.15) is 10.1 Å². The molecule has 6 heteroatoms. The number of phenols is 1. The number of hydrogen-bond acceptors (Lipinski definition) is 5. The van der Waals surface area contributed by atoms with E-state index in [-0.39, 0.29) is 11.7 Å². The van der Waals surface area contributed by atoms with Crippen LogP contribution in [0.1, 0.15) is 25.0 Å². The molecule has 1 aliphatic rings. The number of nitrogens with zero attached hydrogens (tertiary/aromatic N) is 2. The van der Waals surface area contributed by atoms with Gasteiger partial charge in [0.2, 0.25) is 0 Å². The van der Waals surface area contributed by atoms with Crippen molar-refractivity contribution in [2.45, 2.75) is 20.4 Å². The topological polar surface area (TPSA) is 43.8 Å². The molecule has 1 fully saturated rings. The normalized spacial score (nSPS) is 15.6. The number of hydrogen-bond donors (Lipinski definition) is 1. The second-order valence-corrected chi connectivity index (χ2v) is 7.84. The maximum atomic E-state index is 12.8. The summed E-state index contributed by atoms with van der Waals surface area (Å²) in [6, 6.07) is 15.3. The van der Waals surface area contributed by atoms with Crippen LogP contribution in [0.25, 0.3) is 6.08 Å². The van der Waals surface area contributed by atoms with E-state index in [1.54, 1.807) is 17.0 Å². The summed E-state index contributed by atoms with van der Waals surface area (Å²) in [5.74, 6) is 0.0359. The van der Waals surface area contributed by atoms with E-state index in [0.717, 1.165) is 24.3 Å². The first kappa shape index (κ1) is 19.5. The minimum absolute atomic E-state index is 0.124. The molecular weight excluding hydrogens is 376 g/mol. The molecule has 1 N–H and O–H groups in total. The van der Waals surface area contributed by atoms with E-state index in [0.29, 0.717) is 21.3 Å². The van der Waals surface area contributed by atoms with Crippen LogP contribution in [0.15, 0.2) is 53.4 Å². The Morgan fingerprint density at radius 3 is 2.48 bits per heavy atom. The molecule has 0 saturated carbocycles. The maximum Gasteiger partial charge on any atom is 0.266 e. The van der Waals surface area contributed by atoms with Crippen LogP contribution < -0.4 is 4.90 Å². The molecule has 0 aromatic heterocycles. The third-order valence-electron chi connectivity index (χ3n) is 4.49. The molecule has 4 nitrogen and oxygen atoms in total. The summed E-state index contributed by atoms with van der Waals surface area (Å²) < 4.78 is 0.536. The first-order valence-corrected chi connectivity index (χ1v) is 10.1. The molecule has 27 heavy (non-hydrogen) atoms. The van der Waals surface area contributed by atoms with Gasteiger partial charge in [-0.25, -0.2) is 0 Å². The number of benzene rings is 2. The zero-order chi connectivity index (χ0) is 19.4. The minimum Gasteiger partial charge on any atom is -0.507 e. The summed E-state index contributed by atoms with van der Waals surface area (Å²) in [6.07, 6.45) is 1.71. The van der Waals surface area contributed by atoms with Crippen molar-refractivity contribution in [3.8, 4) is 5.75 Å². The Morgan fingerprint density at radius 1 is 1.15 bits per heavy atom. The van der Waals surface area contributed by atoms with E-state index in [2.05, 4.69) is 18.7 Å². The lowest BCUT2D eigenvalue weighted by Gasteiger charge is -2.21. The van der Waals surface area contributed by atoms with Crippen molar-refractivity contribution < 1.29 is 9.90 Å². The molecule has 0 bridgehead atoms. The van der Waals surface area contributed by atoms with Crippen LogP contribution in [0.3, 0.4) is 0 Å². The SMILES string of the molecule is CCN(CC)c1ccc(/C=C2/SC(=S)N(Cc3ccccc3)C2=O)c(O)c1. The van der Waals surface area contributed by atoms with Crippen LogP contribution >= 0.6 is 24.0 Å². The highest BCUT2D eigenvalue weighted by Crippen LogP contribution is 2.35. The van der Waals surface area contributed by atoms with E-state index in [9.17, 15) is 9.90 Å². The number of carbonyl (C=O) groups is 1. The predicted octanol–water partition coefficient (Wildman–Crippen LogP) is 4.64. The summed E-state index contributed by atoms with van der Waals surface area (Å²) in [6.45, 7) is 6.34. The zero-order valence-electron chi connectivity index (χ0n) is 15.4. The van der Waals surface area contributed by atoms with Crippen molar-refractivity contribution in [2.75, 3.05) is 18.0 Å². The van der Waals surface area contributed by atoms with Crippen molar-refractivity contribution >= 4 is 46.0 Å². The quantitative estimate of drug-likeness (QED) is 0.567. The fourth-order valence-corrected chi connectivity index (χ4v) is 4.23. The van der Waals surface area contributed by atoms with Gasteiger partial charge in [0.15, 0.2) is 0 Å². The number of aromatic hydroxyl groups is 1. The Bertz CT molecular complexity index is 877. The van der Waals surface area contributed by atoms with Gasteiger partial charge < -0.3 is 10.0 Å². The first-order chi connectivity index (χ1) is 13.0. The number of carbonyl (C=O) groups excluding carboxylic acids is 1. The van der Waals surface area contributed by atoms with Gasteiger partial charge >= 0.3 is 0 Å². The largest absolute Gasteiger partial charge is 0.507 e. The second-order valence-electron chi connectivity index (χ2n) is 6.17. The summed E-state index contributed by atoms with van der Waals surface area (Å²) in [5, 5.41) is 10.4. The molecule has 0 radical (unpaired) electrons. The van der Waals surface area contributed by atoms with Gasteiger partial charge in [-0.15, -0.1) is 0 Å². The smallest absolute Gasteiger partial charge is 0.266 e. The lowest BCUT2D eigenvalue weighted by atomic mass is 10.1. The van der Waals surface area contributed by atoms with Crippen molar-refractivity contribution in [1.82, 2.24) is 4.90 Å². The average Bonchev–Trinajstić information content (AvgIpc) is 2.93. The van der Waals surface area contributed by atoms with Crippen molar-refractivity contribution in [2.24, 2.45) is 0 Å². The van der Waals surface area contributed by atoms with Crippen LogP contribution in [0.5, 0.6) is 5.75 Å². The summed E-state index contributed by atoms with van der Waals surface area (Å²) in [7, 11) is 0. The van der Waals surface area contributed by atoms with Crippen LogP contribution in [0.2, 0.25) is 0 Å². The fraction of sp³-hybridized carbons (Fsp3) is 0.238. The van der Waals surface area contributed by atoms with Crippen molar-refractivity contribution in [3.05, 3.63) is 64.6 Å². The summed E-state index contributed by atoms with van der Waals surface area (Å²) >= 11 is 6.66. The van der Waals surface area contributed by atoms with Gasteiger partial charge in [-0.05, 0) is 37.6 Å². The molecule has 1 heterocycles. The number of thiocarbonyl (C=S) groups is 1. The second kappa shape index (κ2) is 8.59. The number of anilines is 1. The lowest BCUT2D eigenvalue weighted by molar-refractivity contribution is -0.122. The Hall–Kier alpha value is -2.31. The first-order valence-electron chi connectivity index (χ1n) is 8.90. The Balaban J connectivity index is 1.81. The third kappa shape index (κ3) is 4.34. The van der Waals surface area contributed by atoms with Gasteiger partial charge in [0.25, 0.3) is 5.91 Å². The molecule has 0 spiro atoms. The van der Waals surface area contributed by atoms with E-state index < -0.39 is 0 Å². The molecular formula is C21H22N2O2S2. The molecule has 140 valence electrons. The Morgan fingerprint density at radius 2 is 1.85 bits per heavy atom. The fourth-order valence-electron chi connectivity index (χ4n) is 2.98. The van der Waals surface area contributed by atoms with Crippen molar-refractivity contribution in [3.63, 3.8) is 0 Å². The highest BCUT2D eigenvalue weighted by molar-refractivity contribution is 8.26. The highest BCUT2D eigenvalue weighted by atomic mass is 32.2. The van der Waals surface area contributed by atoms with Crippen molar-refractivity contribution in [1.29, 1.82) is 0 Å². The van der Waals surface area contributed by atoms with Gasteiger partial charge in [-0.2, -0.15) is 0 Å². The van der Waals surface area contributed by atoms with E-state index >= 15 is 0 Å². The molecule has 1 amide bonds. The number of rotatable bonds is 6. The van der Waals surface area contributed by atoms with Gasteiger partial charge in [-0.1, -0.05) is 54.3 Å². The molecule has 2 aromatic rings. The Labute approximate surface area is 169 Å². The summed E-state index contributed by atoms with van der Waals surface area (Å²) in [4.78, 5) is 17.0.